The predicted octanol–water partition coefficient (Wildman–Crippen LogP) is 2.20. The van der Waals surface area contributed by atoms with Gasteiger partial charge in [-0.15, -0.1) is 11.3 Å². The molecular weight excluding hydrogens is 262 g/mol. The van der Waals surface area contributed by atoms with E-state index in [0.717, 1.165) is 37.7 Å². The van der Waals surface area contributed by atoms with Gasteiger partial charge in [0, 0.05) is 37.8 Å². The summed E-state index contributed by atoms with van der Waals surface area (Å²) in [7, 11) is 0. The quantitative estimate of drug-likeness (QED) is 0.834. The highest BCUT2D eigenvalue weighted by atomic mass is 32.1. The molecule has 1 aliphatic rings. The number of thiazole rings is 1. The summed E-state index contributed by atoms with van der Waals surface area (Å²) in [5.74, 6) is 0. The van der Waals surface area contributed by atoms with E-state index in [1.807, 2.05) is 32.3 Å². The summed E-state index contributed by atoms with van der Waals surface area (Å²) in [6.07, 6.45) is 1.62. The molecule has 5 nitrogen and oxygen atoms in total. The van der Waals surface area contributed by atoms with E-state index in [0.29, 0.717) is 0 Å². The molecule has 0 radical (unpaired) electrons. The van der Waals surface area contributed by atoms with E-state index in [1.54, 1.807) is 16.2 Å². The van der Waals surface area contributed by atoms with Crippen molar-refractivity contribution in [1.82, 2.24) is 14.8 Å². The zero-order valence-corrected chi connectivity index (χ0v) is 12.6. The molecule has 0 saturated carbocycles. The first-order chi connectivity index (χ1) is 8.94. The third-order valence-electron chi connectivity index (χ3n) is 2.87. The van der Waals surface area contributed by atoms with Crippen LogP contribution in [-0.2, 0) is 11.3 Å². The molecule has 19 heavy (non-hydrogen) atoms. The van der Waals surface area contributed by atoms with Gasteiger partial charge in [0.25, 0.3) is 0 Å². The maximum Gasteiger partial charge on any atom is 0.410 e. The van der Waals surface area contributed by atoms with Crippen molar-refractivity contribution < 1.29 is 9.53 Å². The number of ether oxygens (including phenoxy) is 1. The summed E-state index contributed by atoms with van der Waals surface area (Å²) in [5.41, 5.74) is -0.422. The van der Waals surface area contributed by atoms with Crippen LogP contribution in [0.25, 0.3) is 0 Å². The first kappa shape index (κ1) is 14.3. The fourth-order valence-corrected chi connectivity index (χ4v) is 2.60. The van der Waals surface area contributed by atoms with Crippen molar-refractivity contribution in [2.45, 2.75) is 32.9 Å². The number of hydrogen-bond acceptors (Lipinski definition) is 5. The molecule has 2 rings (SSSR count). The van der Waals surface area contributed by atoms with Crippen LogP contribution in [0.5, 0.6) is 0 Å². The van der Waals surface area contributed by atoms with Crippen molar-refractivity contribution in [1.29, 1.82) is 0 Å². The number of nitrogens with zero attached hydrogens (tertiary/aromatic N) is 3. The van der Waals surface area contributed by atoms with Gasteiger partial charge in [0.05, 0.1) is 6.54 Å². The van der Waals surface area contributed by atoms with E-state index in [4.69, 9.17) is 4.74 Å². The lowest BCUT2D eigenvalue weighted by Crippen LogP contribution is -2.49. The van der Waals surface area contributed by atoms with Crippen LogP contribution in [0, 0.1) is 0 Å². The van der Waals surface area contributed by atoms with Gasteiger partial charge in [-0.2, -0.15) is 0 Å². The minimum Gasteiger partial charge on any atom is -0.444 e. The second-order valence-corrected chi connectivity index (χ2v) is 6.65. The molecule has 1 amide bonds. The van der Waals surface area contributed by atoms with Crippen LogP contribution in [0.4, 0.5) is 4.79 Å². The monoisotopic (exact) mass is 283 g/mol. The molecule has 0 unspecified atom stereocenters. The Morgan fingerprint density at radius 1 is 1.37 bits per heavy atom. The molecule has 0 aliphatic carbocycles. The molecule has 1 aliphatic heterocycles. The summed E-state index contributed by atoms with van der Waals surface area (Å²) < 4.78 is 5.38. The van der Waals surface area contributed by atoms with Gasteiger partial charge in [-0.1, -0.05) is 0 Å². The highest BCUT2D eigenvalue weighted by Gasteiger charge is 2.25. The lowest BCUT2D eigenvalue weighted by molar-refractivity contribution is 0.0139. The molecule has 1 fully saturated rings. The topological polar surface area (TPSA) is 45.7 Å². The molecule has 6 heteroatoms. The van der Waals surface area contributed by atoms with Gasteiger partial charge in [0.2, 0.25) is 0 Å². The van der Waals surface area contributed by atoms with E-state index >= 15 is 0 Å². The fourth-order valence-electron chi connectivity index (χ4n) is 1.94. The average Bonchev–Trinajstić information content (AvgIpc) is 2.80. The Labute approximate surface area is 118 Å². The number of rotatable bonds is 2. The number of aromatic nitrogens is 1. The molecule has 0 atom stereocenters. The van der Waals surface area contributed by atoms with E-state index in [1.165, 1.54) is 0 Å². The minimum absolute atomic E-state index is 0.207. The zero-order valence-electron chi connectivity index (χ0n) is 11.8. The standard InChI is InChI=1S/C13H21N3O2S/c1-13(2,3)18-12(17)16-7-5-15(6-8-16)10-11-14-4-9-19-11/h4,9H,5-8,10H2,1-3H3. The van der Waals surface area contributed by atoms with Gasteiger partial charge < -0.3 is 9.64 Å². The molecule has 0 N–H and O–H groups in total. The molecule has 1 aromatic heterocycles. The Balaban J connectivity index is 1.77. The van der Waals surface area contributed by atoms with Crippen molar-refractivity contribution in [2.75, 3.05) is 26.2 Å². The normalized spacial score (nSPS) is 17.5. The number of carbonyl (C=O) groups excluding carboxylic acids is 1. The number of hydrogen-bond donors (Lipinski definition) is 0. The second kappa shape index (κ2) is 5.88. The van der Waals surface area contributed by atoms with Gasteiger partial charge >= 0.3 is 6.09 Å². The molecule has 106 valence electrons. The zero-order chi connectivity index (χ0) is 13.9. The van der Waals surface area contributed by atoms with Crippen LogP contribution < -0.4 is 0 Å². The third kappa shape index (κ3) is 4.47. The molecule has 1 aromatic rings. The van der Waals surface area contributed by atoms with Gasteiger partial charge in [0.1, 0.15) is 10.6 Å². The minimum atomic E-state index is -0.422. The molecule has 1 saturated heterocycles. The van der Waals surface area contributed by atoms with Crippen LogP contribution in [0.15, 0.2) is 11.6 Å². The first-order valence-electron chi connectivity index (χ1n) is 6.53. The first-order valence-corrected chi connectivity index (χ1v) is 7.41. The van der Waals surface area contributed by atoms with E-state index in [-0.39, 0.29) is 6.09 Å². The average molecular weight is 283 g/mol. The van der Waals surface area contributed by atoms with Crippen LogP contribution in [-0.4, -0.2) is 52.7 Å². The summed E-state index contributed by atoms with van der Waals surface area (Å²) in [6.45, 7) is 9.74. The number of piperazine rings is 1. The Morgan fingerprint density at radius 2 is 2.05 bits per heavy atom. The smallest absolute Gasteiger partial charge is 0.410 e. The van der Waals surface area contributed by atoms with Crippen LogP contribution in [0.2, 0.25) is 0 Å². The fraction of sp³-hybridized carbons (Fsp3) is 0.692. The maximum atomic E-state index is 11.9. The van der Waals surface area contributed by atoms with E-state index in [9.17, 15) is 4.79 Å². The van der Waals surface area contributed by atoms with Gasteiger partial charge in [-0.3, -0.25) is 4.90 Å². The lowest BCUT2D eigenvalue weighted by atomic mass is 10.2. The van der Waals surface area contributed by atoms with Crippen molar-refractivity contribution in [3.63, 3.8) is 0 Å². The Hall–Kier alpha value is -1.14. The Morgan fingerprint density at radius 3 is 2.58 bits per heavy atom. The third-order valence-corrected chi connectivity index (χ3v) is 3.63. The molecule has 0 bridgehead atoms. The van der Waals surface area contributed by atoms with Crippen LogP contribution >= 0.6 is 11.3 Å². The molecule has 0 aromatic carbocycles. The number of carbonyl (C=O) groups is 1. The number of amides is 1. The van der Waals surface area contributed by atoms with Crippen LogP contribution in [0.3, 0.4) is 0 Å². The van der Waals surface area contributed by atoms with Crippen molar-refractivity contribution in [2.24, 2.45) is 0 Å². The van der Waals surface area contributed by atoms with Crippen molar-refractivity contribution >= 4 is 17.4 Å². The van der Waals surface area contributed by atoms with Gasteiger partial charge in [-0.05, 0) is 20.8 Å². The molecule has 2 heterocycles. The summed E-state index contributed by atoms with van der Waals surface area (Å²) >= 11 is 1.67. The maximum absolute atomic E-state index is 11.9. The SMILES string of the molecule is CC(C)(C)OC(=O)N1CCN(Cc2nccs2)CC1. The molecule has 0 spiro atoms. The van der Waals surface area contributed by atoms with E-state index in [2.05, 4.69) is 9.88 Å². The van der Waals surface area contributed by atoms with Gasteiger partial charge in [-0.25, -0.2) is 9.78 Å². The Kier molecular flexibility index (Phi) is 4.42. The lowest BCUT2D eigenvalue weighted by Gasteiger charge is -2.35. The van der Waals surface area contributed by atoms with Crippen molar-refractivity contribution in [3.05, 3.63) is 16.6 Å². The highest BCUT2D eigenvalue weighted by molar-refractivity contribution is 7.09. The van der Waals surface area contributed by atoms with E-state index < -0.39 is 5.60 Å². The highest BCUT2D eigenvalue weighted by Crippen LogP contribution is 2.14. The predicted molar refractivity (Wildman–Crippen MR) is 75.2 cm³/mol. The molecular formula is C13H21N3O2S. The summed E-state index contributed by atoms with van der Waals surface area (Å²) in [4.78, 5) is 20.3. The van der Waals surface area contributed by atoms with Crippen molar-refractivity contribution in [3.8, 4) is 0 Å². The van der Waals surface area contributed by atoms with Gasteiger partial charge in [0.15, 0.2) is 0 Å². The summed E-state index contributed by atoms with van der Waals surface area (Å²) in [5, 5.41) is 3.12. The summed E-state index contributed by atoms with van der Waals surface area (Å²) in [6, 6.07) is 0. The second-order valence-electron chi connectivity index (χ2n) is 5.67. The Bertz CT molecular complexity index is 406. The largest absolute Gasteiger partial charge is 0.444 e. The van der Waals surface area contributed by atoms with Crippen LogP contribution in [0.1, 0.15) is 25.8 Å².